The average molecular weight is 494 g/mol. The molecule has 1 fully saturated rings. The molecule has 0 bridgehead atoms. The van der Waals surface area contributed by atoms with Gasteiger partial charge in [0.1, 0.15) is 5.82 Å². The fourth-order valence-electron chi connectivity index (χ4n) is 5.47. The van der Waals surface area contributed by atoms with Crippen LogP contribution in [-0.2, 0) is 35.4 Å². The Bertz CT molecular complexity index is 1290. The summed E-state index contributed by atoms with van der Waals surface area (Å²) in [6, 6.07) is 9.83. The second-order valence-electron chi connectivity index (χ2n) is 9.82. The number of aromatic nitrogens is 3. The number of ether oxygens (including phenoxy) is 2. The van der Waals surface area contributed by atoms with Crippen molar-refractivity contribution in [1.82, 2.24) is 19.0 Å². The molecule has 1 amide bonds. The van der Waals surface area contributed by atoms with Gasteiger partial charge in [-0.25, -0.2) is 9.78 Å². The molecule has 5 rings (SSSR count). The maximum Gasteiger partial charge on any atom is 0.414 e. The second-order valence-corrected chi connectivity index (χ2v) is 9.82. The minimum Gasteiger partial charge on any atom is -0.452 e. The molecule has 0 unspecified atom stereocenters. The van der Waals surface area contributed by atoms with Crippen molar-refractivity contribution in [3.05, 3.63) is 58.3 Å². The highest BCUT2D eigenvalue weighted by atomic mass is 16.5. The molecule has 1 saturated heterocycles. The molecule has 2 aromatic heterocycles. The normalized spacial score (nSPS) is 19.7. The number of nitrogens with zero attached hydrogens (tertiary/aromatic N) is 5. The van der Waals surface area contributed by atoms with E-state index in [1.54, 1.807) is 21.6 Å². The van der Waals surface area contributed by atoms with Crippen LogP contribution >= 0.6 is 0 Å². The molecule has 2 atom stereocenters. The number of benzene rings is 1. The number of anilines is 1. The lowest BCUT2D eigenvalue weighted by Gasteiger charge is -2.34. The van der Waals surface area contributed by atoms with E-state index in [0.29, 0.717) is 19.0 Å². The summed E-state index contributed by atoms with van der Waals surface area (Å²) in [6.45, 7) is 5.87. The van der Waals surface area contributed by atoms with Crippen LogP contribution in [0.3, 0.4) is 0 Å². The number of imidazole rings is 1. The first-order valence-electron chi connectivity index (χ1n) is 12.8. The Morgan fingerprint density at radius 3 is 2.83 bits per heavy atom. The molecule has 9 heteroatoms. The summed E-state index contributed by atoms with van der Waals surface area (Å²) in [6.07, 6.45) is 4.88. The lowest BCUT2D eigenvalue weighted by Crippen LogP contribution is -2.42. The molecular weight excluding hydrogens is 458 g/mol. The van der Waals surface area contributed by atoms with E-state index in [9.17, 15) is 9.59 Å². The van der Waals surface area contributed by atoms with Gasteiger partial charge in [-0.3, -0.25) is 14.6 Å². The number of fused-ring (bicyclic) bond motifs is 3. The average Bonchev–Trinajstić information content (AvgIpc) is 3.54. The number of amides is 1. The van der Waals surface area contributed by atoms with Gasteiger partial charge in [-0.15, -0.1) is 0 Å². The Hall–Kier alpha value is -3.17. The smallest absolute Gasteiger partial charge is 0.414 e. The van der Waals surface area contributed by atoms with Crippen LogP contribution in [0.2, 0.25) is 0 Å². The summed E-state index contributed by atoms with van der Waals surface area (Å²) in [5.41, 5.74) is 3.96. The van der Waals surface area contributed by atoms with Crippen molar-refractivity contribution < 1.29 is 14.3 Å². The zero-order valence-corrected chi connectivity index (χ0v) is 21.4. The van der Waals surface area contributed by atoms with E-state index in [0.717, 1.165) is 73.7 Å². The highest BCUT2D eigenvalue weighted by molar-refractivity contribution is 5.95. The Kier molecular flexibility index (Phi) is 7.11. The zero-order valence-electron chi connectivity index (χ0n) is 21.4. The number of aryl methyl sites for hydroxylation is 3. The van der Waals surface area contributed by atoms with Gasteiger partial charge in [0.25, 0.3) is 5.56 Å². The summed E-state index contributed by atoms with van der Waals surface area (Å²) < 4.78 is 14.7. The third-order valence-corrected chi connectivity index (χ3v) is 7.64. The van der Waals surface area contributed by atoms with Crippen molar-refractivity contribution in [3.8, 4) is 0 Å². The van der Waals surface area contributed by atoms with Gasteiger partial charge >= 0.3 is 6.09 Å². The standard InChI is InChI=1S/C27H35N5O4/c1-19-7-8-21-22(32(19)27(34)35-3)9-10-23-26(21)28-24(11-14-30-13-5-4-6-25(30)33)31(23)16-15-29(2)20-12-17-36-18-20/h4-6,9-10,13,19-20H,7-8,11-12,14-18H2,1-3H3/t19-,20-/m0/s1. The molecule has 2 aliphatic rings. The maximum absolute atomic E-state index is 12.6. The molecule has 192 valence electrons. The van der Waals surface area contributed by atoms with Crippen molar-refractivity contribution in [2.24, 2.45) is 0 Å². The summed E-state index contributed by atoms with van der Waals surface area (Å²) in [5, 5.41) is 0. The van der Waals surface area contributed by atoms with E-state index < -0.39 is 0 Å². The highest BCUT2D eigenvalue weighted by Crippen LogP contribution is 2.36. The SMILES string of the molecule is COC(=O)N1c2ccc3c(nc(CCn4ccccc4=O)n3CCN(C)[C@H]3CCOC3)c2CC[C@@H]1C. The Balaban J connectivity index is 1.51. The fraction of sp³-hybridized carbons (Fsp3) is 0.519. The van der Waals surface area contributed by atoms with Gasteiger partial charge in [-0.05, 0) is 51.4 Å². The number of hydrogen-bond donors (Lipinski definition) is 0. The number of methoxy groups -OCH3 is 1. The summed E-state index contributed by atoms with van der Waals surface area (Å²) in [7, 11) is 3.57. The predicted molar refractivity (Wildman–Crippen MR) is 139 cm³/mol. The molecular formula is C27H35N5O4. The molecule has 2 aliphatic heterocycles. The Morgan fingerprint density at radius 2 is 2.08 bits per heavy atom. The van der Waals surface area contributed by atoms with E-state index in [1.807, 2.05) is 25.3 Å². The number of rotatable bonds is 7. The summed E-state index contributed by atoms with van der Waals surface area (Å²) in [4.78, 5) is 34.1. The number of pyridine rings is 1. The van der Waals surface area contributed by atoms with E-state index in [4.69, 9.17) is 14.5 Å². The quantitative estimate of drug-likeness (QED) is 0.503. The van der Waals surface area contributed by atoms with Gasteiger partial charge in [0.05, 0.1) is 30.4 Å². The van der Waals surface area contributed by atoms with E-state index in [-0.39, 0.29) is 17.7 Å². The topological polar surface area (TPSA) is 81.8 Å². The van der Waals surface area contributed by atoms with Crippen LogP contribution < -0.4 is 10.5 Å². The summed E-state index contributed by atoms with van der Waals surface area (Å²) in [5.74, 6) is 0.952. The van der Waals surface area contributed by atoms with Crippen molar-refractivity contribution >= 4 is 22.8 Å². The lowest BCUT2D eigenvalue weighted by molar-refractivity contribution is 0.157. The van der Waals surface area contributed by atoms with Gasteiger partial charge in [0.15, 0.2) is 0 Å². The van der Waals surface area contributed by atoms with Crippen LogP contribution in [0.25, 0.3) is 11.0 Å². The van der Waals surface area contributed by atoms with Gasteiger partial charge < -0.3 is 18.6 Å². The maximum atomic E-state index is 12.6. The van der Waals surface area contributed by atoms with Gasteiger partial charge in [0.2, 0.25) is 0 Å². The van der Waals surface area contributed by atoms with Crippen molar-refractivity contribution in [1.29, 1.82) is 0 Å². The van der Waals surface area contributed by atoms with Crippen LogP contribution in [0.4, 0.5) is 10.5 Å². The van der Waals surface area contributed by atoms with Crippen molar-refractivity contribution in [2.75, 3.05) is 38.8 Å². The van der Waals surface area contributed by atoms with Gasteiger partial charge in [-0.2, -0.15) is 0 Å². The fourth-order valence-corrected chi connectivity index (χ4v) is 5.47. The lowest BCUT2D eigenvalue weighted by atomic mass is 9.96. The molecule has 0 N–H and O–H groups in total. The predicted octanol–water partition coefficient (Wildman–Crippen LogP) is 3.07. The van der Waals surface area contributed by atoms with E-state index >= 15 is 0 Å². The molecule has 0 radical (unpaired) electrons. The monoisotopic (exact) mass is 493 g/mol. The molecule has 1 aromatic carbocycles. The van der Waals surface area contributed by atoms with Crippen LogP contribution in [0.1, 0.15) is 31.2 Å². The Labute approximate surface area is 211 Å². The molecule has 0 spiro atoms. The van der Waals surface area contributed by atoms with E-state index in [1.165, 1.54) is 7.11 Å². The molecule has 3 aromatic rings. The van der Waals surface area contributed by atoms with Gasteiger partial charge in [-0.1, -0.05) is 6.07 Å². The highest BCUT2D eigenvalue weighted by Gasteiger charge is 2.31. The number of likely N-dealkylation sites (N-methyl/N-ethyl adjacent to an activating group) is 1. The minimum absolute atomic E-state index is 0.0128. The first kappa shape index (κ1) is 24.5. The van der Waals surface area contributed by atoms with Crippen molar-refractivity contribution in [3.63, 3.8) is 0 Å². The first-order valence-corrected chi connectivity index (χ1v) is 12.8. The molecule has 0 saturated carbocycles. The molecule has 9 nitrogen and oxygen atoms in total. The number of hydrogen-bond acceptors (Lipinski definition) is 6. The van der Waals surface area contributed by atoms with Crippen LogP contribution in [-0.4, -0.2) is 71.1 Å². The van der Waals surface area contributed by atoms with E-state index in [2.05, 4.69) is 22.6 Å². The number of carbonyl (C=O) groups excluding carboxylic acids is 1. The minimum atomic E-state index is -0.341. The third-order valence-electron chi connectivity index (χ3n) is 7.64. The van der Waals surface area contributed by atoms with Gasteiger partial charge in [0, 0.05) is 62.6 Å². The van der Waals surface area contributed by atoms with Crippen molar-refractivity contribution in [2.45, 2.75) is 57.8 Å². The number of carbonyl (C=O) groups is 1. The summed E-state index contributed by atoms with van der Waals surface area (Å²) >= 11 is 0. The molecule has 0 aliphatic carbocycles. The van der Waals surface area contributed by atoms with Crippen LogP contribution in [0.15, 0.2) is 41.3 Å². The largest absolute Gasteiger partial charge is 0.452 e. The first-order chi connectivity index (χ1) is 17.5. The zero-order chi connectivity index (χ0) is 25.2. The third kappa shape index (κ3) is 4.65. The molecule has 36 heavy (non-hydrogen) atoms. The Morgan fingerprint density at radius 1 is 1.22 bits per heavy atom. The second kappa shape index (κ2) is 10.4. The van der Waals surface area contributed by atoms with Crippen LogP contribution in [0.5, 0.6) is 0 Å². The van der Waals surface area contributed by atoms with Crippen LogP contribution in [0, 0.1) is 0 Å². The molecule has 4 heterocycles.